The maximum absolute atomic E-state index is 11.6. The highest BCUT2D eigenvalue weighted by molar-refractivity contribution is 5.74. The number of nitrogens with one attached hydrogen (secondary N) is 1. The van der Waals surface area contributed by atoms with Crippen LogP contribution in [-0.4, -0.2) is 30.6 Å². The average molecular weight is 198 g/mol. The Labute approximate surface area is 86.9 Å². The van der Waals surface area contributed by atoms with Crippen molar-refractivity contribution in [1.29, 1.82) is 0 Å². The molecule has 3 heteroatoms. The third-order valence-electron chi connectivity index (χ3n) is 3.55. The monoisotopic (exact) mass is 198 g/mol. The van der Waals surface area contributed by atoms with Crippen molar-refractivity contribution in [3.8, 4) is 0 Å². The van der Waals surface area contributed by atoms with E-state index in [4.69, 9.17) is 0 Å². The molecule has 0 aromatic carbocycles. The zero-order valence-electron chi connectivity index (χ0n) is 9.60. The second-order valence-electron chi connectivity index (χ2n) is 4.21. The minimum Gasteiger partial charge on any atom is -0.338 e. The van der Waals surface area contributed by atoms with Crippen LogP contribution in [0.3, 0.4) is 0 Å². The smallest absolute Gasteiger partial charge is 0.317 e. The molecular formula is C11H22N2O. The lowest BCUT2D eigenvalue weighted by Gasteiger charge is -2.26. The molecule has 0 spiro atoms. The molecule has 0 aliphatic carbocycles. The lowest BCUT2D eigenvalue weighted by molar-refractivity contribution is 0.197. The quantitative estimate of drug-likeness (QED) is 0.741. The van der Waals surface area contributed by atoms with E-state index < -0.39 is 0 Å². The Kier molecular flexibility index (Phi) is 3.78. The Balaban J connectivity index is 2.51. The molecule has 0 radical (unpaired) electrons. The third-order valence-corrected chi connectivity index (χ3v) is 3.55. The lowest BCUT2D eigenvalue weighted by Crippen LogP contribution is -2.39. The topological polar surface area (TPSA) is 32.3 Å². The third kappa shape index (κ3) is 2.20. The van der Waals surface area contributed by atoms with E-state index in [1.807, 2.05) is 11.8 Å². The van der Waals surface area contributed by atoms with Crippen LogP contribution in [0.1, 0.15) is 40.0 Å². The maximum atomic E-state index is 11.6. The Morgan fingerprint density at radius 3 is 2.43 bits per heavy atom. The molecule has 1 rings (SSSR count). The minimum atomic E-state index is 0.108. The molecule has 2 amide bonds. The summed E-state index contributed by atoms with van der Waals surface area (Å²) < 4.78 is 0. The van der Waals surface area contributed by atoms with Gasteiger partial charge >= 0.3 is 6.03 Å². The van der Waals surface area contributed by atoms with Gasteiger partial charge in [-0.25, -0.2) is 4.79 Å². The van der Waals surface area contributed by atoms with Crippen molar-refractivity contribution in [1.82, 2.24) is 10.2 Å². The number of likely N-dealkylation sites (tertiary alicyclic amines) is 1. The molecule has 1 N–H and O–H groups in total. The number of hydrogen-bond acceptors (Lipinski definition) is 1. The Hall–Kier alpha value is -0.730. The molecule has 0 unspecified atom stereocenters. The summed E-state index contributed by atoms with van der Waals surface area (Å²) in [5, 5.41) is 2.86. The van der Waals surface area contributed by atoms with Crippen molar-refractivity contribution in [2.24, 2.45) is 5.41 Å². The number of rotatable bonds is 3. The summed E-state index contributed by atoms with van der Waals surface area (Å²) in [5.41, 5.74) is 0.394. The number of amides is 2. The van der Waals surface area contributed by atoms with Crippen molar-refractivity contribution in [3.63, 3.8) is 0 Å². The first-order chi connectivity index (χ1) is 6.67. The van der Waals surface area contributed by atoms with Gasteiger partial charge in [-0.3, -0.25) is 0 Å². The van der Waals surface area contributed by atoms with Crippen molar-refractivity contribution < 1.29 is 4.79 Å². The highest BCUT2D eigenvalue weighted by Gasteiger charge is 2.36. The van der Waals surface area contributed by atoms with Crippen molar-refractivity contribution >= 4 is 6.03 Å². The van der Waals surface area contributed by atoms with Crippen LogP contribution in [0.2, 0.25) is 0 Å². The van der Waals surface area contributed by atoms with Crippen LogP contribution >= 0.6 is 0 Å². The van der Waals surface area contributed by atoms with Gasteiger partial charge in [-0.05, 0) is 31.6 Å². The standard InChI is InChI=1S/C11H22N2O/c1-4-11(5-2)7-8-13(9-11)10(14)12-6-3/h4-9H2,1-3H3,(H,12,14). The highest BCUT2D eigenvalue weighted by Crippen LogP contribution is 2.36. The van der Waals surface area contributed by atoms with Crippen LogP contribution < -0.4 is 5.32 Å². The Morgan fingerprint density at radius 1 is 1.36 bits per heavy atom. The molecule has 14 heavy (non-hydrogen) atoms. The van der Waals surface area contributed by atoms with E-state index in [9.17, 15) is 4.79 Å². The summed E-state index contributed by atoms with van der Waals surface area (Å²) >= 11 is 0. The number of carbonyl (C=O) groups is 1. The SMILES string of the molecule is CCNC(=O)N1CCC(CC)(CC)C1. The highest BCUT2D eigenvalue weighted by atomic mass is 16.2. The molecule has 0 bridgehead atoms. The normalized spacial score (nSPS) is 19.8. The Morgan fingerprint density at radius 2 is 2.00 bits per heavy atom. The van der Waals surface area contributed by atoms with Crippen molar-refractivity contribution in [2.45, 2.75) is 40.0 Å². The fourth-order valence-electron chi connectivity index (χ4n) is 2.20. The van der Waals surface area contributed by atoms with Crippen LogP contribution in [0, 0.1) is 5.41 Å². The summed E-state index contributed by atoms with van der Waals surface area (Å²) in [6.45, 7) is 9.00. The Bertz CT molecular complexity index is 199. The van der Waals surface area contributed by atoms with Crippen LogP contribution in [-0.2, 0) is 0 Å². The predicted molar refractivity (Wildman–Crippen MR) is 58.3 cm³/mol. The molecule has 1 saturated heterocycles. The van der Waals surface area contributed by atoms with E-state index in [2.05, 4.69) is 19.2 Å². The van der Waals surface area contributed by atoms with E-state index in [0.717, 1.165) is 26.1 Å². The summed E-state index contributed by atoms with van der Waals surface area (Å²) in [6.07, 6.45) is 3.52. The second-order valence-corrected chi connectivity index (χ2v) is 4.21. The molecule has 0 atom stereocenters. The molecule has 1 aliphatic heterocycles. The first-order valence-electron chi connectivity index (χ1n) is 5.70. The molecular weight excluding hydrogens is 176 g/mol. The molecule has 0 aromatic heterocycles. The van der Waals surface area contributed by atoms with Crippen LogP contribution in [0.5, 0.6) is 0 Å². The molecule has 1 aliphatic rings. The van der Waals surface area contributed by atoms with Gasteiger partial charge in [0.05, 0.1) is 0 Å². The molecule has 0 saturated carbocycles. The summed E-state index contributed by atoms with van der Waals surface area (Å²) in [6, 6.07) is 0.108. The second kappa shape index (κ2) is 4.67. The van der Waals surface area contributed by atoms with Crippen LogP contribution in [0.15, 0.2) is 0 Å². The minimum absolute atomic E-state index is 0.108. The van der Waals surface area contributed by atoms with Gasteiger partial charge in [-0.1, -0.05) is 13.8 Å². The fourth-order valence-corrected chi connectivity index (χ4v) is 2.20. The predicted octanol–water partition coefficient (Wildman–Crippen LogP) is 2.23. The number of hydrogen-bond donors (Lipinski definition) is 1. The fraction of sp³-hybridized carbons (Fsp3) is 0.909. The van der Waals surface area contributed by atoms with Gasteiger partial charge < -0.3 is 10.2 Å². The van der Waals surface area contributed by atoms with Gasteiger partial charge in [0.1, 0.15) is 0 Å². The summed E-state index contributed by atoms with van der Waals surface area (Å²) in [4.78, 5) is 13.5. The summed E-state index contributed by atoms with van der Waals surface area (Å²) in [7, 11) is 0. The number of carbonyl (C=O) groups excluding carboxylic acids is 1. The van der Waals surface area contributed by atoms with E-state index in [0.29, 0.717) is 5.41 Å². The largest absolute Gasteiger partial charge is 0.338 e. The first-order valence-corrected chi connectivity index (χ1v) is 5.70. The zero-order valence-corrected chi connectivity index (χ0v) is 9.60. The molecule has 82 valence electrons. The number of nitrogens with zero attached hydrogens (tertiary/aromatic N) is 1. The van der Waals surface area contributed by atoms with Crippen LogP contribution in [0.25, 0.3) is 0 Å². The van der Waals surface area contributed by atoms with Gasteiger partial charge in [0.2, 0.25) is 0 Å². The van der Waals surface area contributed by atoms with Gasteiger partial charge in [0, 0.05) is 19.6 Å². The van der Waals surface area contributed by atoms with E-state index in [1.165, 1.54) is 12.8 Å². The maximum Gasteiger partial charge on any atom is 0.317 e. The molecule has 0 aromatic rings. The summed E-state index contributed by atoms with van der Waals surface area (Å²) in [5.74, 6) is 0. The first kappa shape index (κ1) is 11.3. The van der Waals surface area contributed by atoms with E-state index in [-0.39, 0.29) is 6.03 Å². The lowest BCUT2D eigenvalue weighted by atomic mass is 9.82. The van der Waals surface area contributed by atoms with Gasteiger partial charge in [0.15, 0.2) is 0 Å². The van der Waals surface area contributed by atoms with E-state index >= 15 is 0 Å². The van der Waals surface area contributed by atoms with Gasteiger partial charge in [-0.2, -0.15) is 0 Å². The molecule has 1 heterocycles. The van der Waals surface area contributed by atoms with Crippen molar-refractivity contribution in [2.75, 3.05) is 19.6 Å². The van der Waals surface area contributed by atoms with Crippen LogP contribution in [0.4, 0.5) is 4.79 Å². The average Bonchev–Trinajstić information content (AvgIpc) is 2.63. The molecule has 1 fully saturated rings. The van der Waals surface area contributed by atoms with Crippen molar-refractivity contribution in [3.05, 3.63) is 0 Å². The van der Waals surface area contributed by atoms with Gasteiger partial charge in [-0.15, -0.1) is 0 Å². The number of urea groups is 1. The zero-order chi connectivity index (χ0) is 10.6. The van der Waals surface area contributed by atoms with E-state index in [1.54, 1.807) is 0 Å². The van der Waals surface area contributed by atoms with Gasteiger partial charge in [0.25, 0.3) is 0 Å². The molecule has 3 nitrogen and oxygen atoms in total.